The molecule has 1 aromatic carbocycles. The number of rotatable bonds is 8. The summed E-state index contributed by atoms with van der Waals surface area (Å²) in [5.41, 5.74) is 1.40. The quantitative estimate of drug-likeness (QED) is 0.543. The van der Waals surface area contributed by atoms with Crippen molar-refractivity contribution in [1.82, 2.24) is 4.98 Å². The summed E-state index contributed by atoms with van der Waals surface area (Å²) < 4.78 is 12.4. The summed E-state index contributed by atoms with van der Waals surface area (Å²) in [6.45, 7) is 4.78. The van der Waals surface area contributed by atoms with Crippen LogP contribution in [0.15, 0.2) is 28.5 Å². The number of aliphatic hydroxyl groups excluding tert-OH is 1. The number of aromatic nitrogens is 1. The predicted octanol–water partition coefficient (Wildman–Crippen LogP) is 4.81. The van der Waals surface area contributed by atoms with Gasteiger partial charge in [-0.15, -0.1) is 23.1 Å². The highest BCUT2D eigenvalue weighted by molar-refractivity contribution is 7.99. The van der Waals surface area contributed by atoms with E-state index in [2.05, 4.69) is 31.0 Å². The highest BCUT2D eigenvalue weighted by atomic mass is 32.2. The molecule has 2 fully saturated rings. The molecule has 0 unspecified atom stereocenters. The second-order valence-corrected chi connectivity index (χ2v) is 10.3. The molecule has 31 heavy (non-hydrogen) atoms. The molecule has 1 saturated carbocycles. The van der Waals surface area contributed by atoms with Gasteiger partial charge in [-0.2, -0.15) is 0 Å². The van der Waals surface area contributed by atoms with E-state index in [1.165, 1.54) is 21.8 Å². The van der Waals surface area contributed by atoms with Crippen LogP contribution in [0.1, 0.15) is 60.3 Å². The number of aliphatic hydroxyl groups is 1. The minimum atomic E-state index is -1.02. The molecule has 6 nitrogen and oxygen atoms in total. The third kappa shape index (κ3) is 4.92. The molecule has 168 valence electrons. The Hall–Kier alpha value is -1.61. The van der Waals surface area contributed by atoms with Crippen molar-refractivity contribution in [3.05, 3.63) is 39.8 Å². The summed E-state index contributed by atoms with van der Waals surface area (Å²) >= 11 is 3.16. The molecule has 8 heteroatoms. The molecule has 0 bridgehead atoms. The third-order valence-electron chi connectivity index (χ3n) is 6.28. The fourth-order valence-electron chi connectivity index (χ4n) is 4.68. The van der Waals surface area contributed by atoms with E-state index in [0.29, 0.717) is 18.0 Å². The molecule has 1 aliphatic carbocycles. The van der Waals surface area contributed by atoms with Gasteiger partial charge in [-0.3, -0.25) is 0 Å². The zero-order chi connectivity index (χ0) is 22.0. The van der Waals surface area contributed by atoms with E-state index < -0.39 is 12.1 Å². The van der Waals surface area contributed by atoms with Crippen molar-refractivity contribution in [1.29, 1.82) is 0 Å². The minimum absolute atomic E-state index is 0.0324. The molecule has 2 N–H and O–H groups in total. The average molecular weight is 464 g/mol. The maximum absolute atomic E-state index is 11.1. The van der Waals surface area contributed by atoms with Crippen LogP contribution in [-0.4, -0.2) is 45.7 Å². The highest BCUT2D eigenvalue weighted by Gasteiger charge is 2.47. The number of carbonyl (C=O) groups is 1. The second kappa shape index (κ2) is 9.90. The molecule has 2 aliphatic rings. The van der Waals surface area contributed by atoms with Gasteiger partial charge in [0.1, 0.15) is 16.9 Å². The van der Waals surface area contributed by atoms with Crippen LogP contribution < -0.4 is 4.74 Å². The largest absolute Gasteiger partial charge is 0.493 e. The van der Waals surface area contributed by atoms with Gasteiger partial charge in [-0.25, -0.2) is 9.78 Å². The van der Waals surface area contributed by atoms with Crippen molar-refractivity contribution < 1.29 is 24.5 Å². The van der Waals surface area contributed by atoms with E-state index in [-0.39, 0.29) is 29.7 Å². The molecule has 0 amide bonds. The van der Waals surface area contributed by atoms with Gasteiger partial charge in [0.05, 0.1) is 18.8 Å². The summed E-state index contributed by atoms with van der Waals surface area (Å²) in [5, 5.41) is 22.1. The van der Waals surface area contributed by atoms with Crippen LogP contribution in [0.25, 0.3) is 0 Å². The monoisotopic (exact) mass is 463 g/mol. The zero-order valence-electron chi connectivity index (χ0n) is 17.8. The first-order valence-corrected chi connectivity index (χ1v) is 12.8. The number of nitrogens with zero attached hydrogens (tertiary/aromatic N) is 1. The molecule has 5 atom stereocenters. The lowest BCUT2D eigenvalue weighted by molar-refractivity contribution is -0.0811. The zero-order valence-corrected chi connectivity index (χ0v) is 19.5. The van der Waals surface area contributed by atoms with Gasteiger partial charge in [0.2, 0.25) is 0 Å². The van der Waals surface area contributed by atoms with Gasteiger partial charge in [0.25, 0.3) is 0 Å². The van der Waals surface area contributed by atoms with Crippen LogP contribution in [0.5, 0.6) is 5.75 Å². The van der Waals surface area contributed by atoms with Crippen molar-refractivity contribution in [2.45, 2.75) is 62.7 Å². The number of thioether (sulfide) groups is 1. The number of aryl methyl sites for hydroxylation is 1. The number of hydrogen-bond donors (Lipinski definition) is 2. The average Bonchev–Trinajstić information content (AvgIpc) is 3.37. The first-order chi connectivity index (χ1) is 15.0. The number of fused-ring (bicyclic) bond motifs is 1. The SMILES string of the molecule is CCSc1cc(OC[C@@H]2[C@H]3CC[C@H](c4nc(C(=O)O)cs4)O[C@H]3C[C@@H]2O)ccc1CC. The normalized spacial score (nSPS) is 27.8. The molecule has 1 aromatic heterocycles. The van der Waals surface area contributed by atoms with Gasteiger partial charge in [0.15, 0.2) is 5.69 Å². The number of carboxylic acid groups (broad SMARTS) is 1. The van der Waals surface area contributed by atoms with Gasteiger partial charge >= 0.3 is 5.97 Å². The van der Waals surface area contributed by atoms with Crippen molar-refractivity contribution in [3.63, 3.8) is 0 Å². The summed E-state index contributed by atoms with van der Waals surface area (Å²) in [6.07, 6.45) is 2.57. The molecular weight excluding hydrogens is 434 g/mol. The fourth-order valence-corrected chi connectivity index (χ4v) is 6.45. The van der Waals surface area contributed by atoms with Crippen LogP contribution in [0.2, 0.25) is 0 Å². The Morgan fingerprint density at radius 2 is 2.19 bits per heavy atom. The van der Waals surface area contributed by atoms with Crippen LogP contribution in [0.4, 0.5) is 0 Å². The van der Waals surface area contributed by atoms with Crippen molar-refractivity contribution in [2.75, 3.05) is 12.4 Å². The van der Waals surface area contributed by atoms with Crippen LogP contribution in [0, 0.1) is 11.8 Å². The van der Waals surface area contributed by atoms with Crippen molar-refractivity contribution in [3.8, 4) is 5.75 Å². The maximum Gasteiger partial charge on any atom is 0.355 e. The van der Waals surface area contributed by atoms with Gasteiger partial charge in [-0.05, 0) is 48.6 Å². The summed E-state index contributed by atoms with van der Waals surface area (Å²) in [7, 11) is 0. The van der Waals surface area contributed by atoms with E-state index in [1.807, 2.05) is 17.8 Å². The van der Waals surface area contributed by atoms with Crippen molar-refractivity contribution >= 4 is 29.1 Å². The van der Waals surface area contributed by atoms with E-state index in [1.54, 1.807) is 5.38 Å². The highest BCUT2D eigenvalue weighted by Crippen LogP contribution is 2.46. The topological polar surface area (TPSA) is 88.9 Å². The number of carboxylic acids is 1. The molecule has 4 rings (SSSR count). The Labute approximate surface area is 191 Å². The van der Waals surface area contributed by atoms with Crippen LogP contribution in [0.3, 0.4) is 0 Å². The summed E-state index contributed by atoms with van der Waals surface area (Å²) in [6, 6.07) is 6.27. The number of benzene rings is 1. The Kier molecular flexibility index (Phi) is 7.21. The third-order valence-corrected chi connectivity index (χ3v) is 8.19. The van der Waals surface area contributed by atoms with Gasteiger partial charge in [0, 0.05) is 22.6 Å². The summed E-state index contributed by atoms with van der Waals surface area (Å²) in [5.74, 6) is 1.13. The van der Waals surface area contributed by atoms with Gasteiger partial charge < -0.3 is 19.7 Å². The maximum atomic E-state index is 11.1. The molecule has 1 saturated heterocycles. The fraction of sp³-hybridized carbons (Fsp3) is 0.565. The number of ether oxygens (including phenoxy) is 2. The molecule has 1 aliphatic heterocycles. The lowest BCUT2D eigenvalue weighted by Crippen LogP contribution is -2.33. The van der Waals surface area contributed by atoms with E-state index in [4.69, 9.17) is 14.6 Å². The molecule has 0 radical (unpaired) electrons. The lowest BCUT2D eigenvalue weighted by Gasteiger charge is -2.33. The van der Waals surface area contributed by atoms with E-state index in [0.717, 1.165) is 30.8 Å². The standard InChI is InChI=1S/C23H29NO5S2/c1-3-13-5-6-14(9-21(13)30-4-2)28-11-16-15-7-8-19(29-20(15)10-18(16)25)22-24-17(12-31-22)23(26)27/h5-6,9,12,15-16,18-20,25H,3-4,7-8,10-11H2,1-2H3,(H,26,27)/t15-,16-,18+,19-,20+/m1/s1. The molecule has 2 aromatic rings. The number of thiazole rings is 1. The predicted molar refractivity (Wildman–Crippen MR) is 121 cm³/mol. The second-order valence-electron chi connectivity index (χ2n) is 8.11. The Morgan fingerprint density at radius 1 is 1.35 bits per heavy atom. The van der Waals surface area contributed by atoms with Gasteiger partial charge in [-0.1, -0.05) is 19.9 Å². The minimum Gasteiger partial charge on any atom is -0.493 e. The first kappa shape index (κ1) is 22.6. The lowest BCUT2D eigenvalue weighted by atomic mass is 9.87. The Balaban J connectivity index is 1.38. The number of aromatic carboxylic acids is 1. The van der Waals surface area contributed by atoms with Crippen molar-refractivity contribution in [2.24, 2.45) is 11.8 Å². The molecule has 2 heterocycles. The Bertz CT molecular complexity index is 917. The van der Waals surface area contributed by atoms with Crippen LogP contribution >= 0.6 is 23.1 Å². The van der Waals surface area contributed by atoms with E-state index >= 15 is 0 Å². The first-order valence-electron chi connectivity index (χ1n) is 10.9. The smallest absolute Gasteiger partial charge is 0.355 e. The van der Waals surface area contributed by atoms with E-state index in [9.17, 15) is 9.90 Å². The van der Waals surface area contributed by atoms with Crippen LogP contribution in [-0.2, 0) is 11.2 Å². The molecule has 0 spiro atoms. The number of hydrogen-bond acceptors (Lipinski definition) is 7. The molecular formula is C23H29NO5S2. The summed E-state index contributed by atoms with van der Waals surface area (Å²) in [4.78, 5) is 16.6. The Morgan fingerprint density at radius 3 is 2.90 bits per heavy atom.